The van der Waals surface area contributed by atoms with Crippen LogP contribution in [0.15, 0.2) is 0 Å². The molecule has 0 heterocycles. The molecule has 0 atom stereocenters. The van der Waals surface area contributed by atoms with Crippen molar-refractivity contribution >= 4 is 23.1 Å². The van der Waals surface area contributed by atoms with Crippen molar-refractivity contribution < 1.29 is 9.53 Å². The van der Waals surface area contributed by atoms with Crippen molar-refractivity contribution in [3.8, 4) is 0 Å². The smallest absolute Gasteiger partial charge is 0.167 e. The van der Waals surface area contributed by atoms with Gasteiger partial charge in [0.2, 0.25) is 0 Å². The molecular formula is C9H16O2S. The average molecular weight is 188 g/mol. The first kappa shape index (κ1) is 11.6. The molecule has 0 N–H and O–H groups in total. The summed E-state index contributed by atoms with van der Waals surface area (Å²) in [6.07, 6.45) is 2.94. The molecule has 0 aliphatic heterocycles. The first-order valence-electron chi connectivity index (χ1n) is 4.38. The lowest BCUT2D eigenvalue weighted by Gasteiger charge is -2.02. The summed E-state index contributed by atoms with van der Waals surface area (Å²) in [5.74, 6) is 0.190. The minimum atomic E-state index is 0.190. The quantitative estimate of drug-likeness (QED) is 0.599. The Labute approximate surface area is 79.3 Å². The second-order valence-corrected chi connectivity index (χ2v) is 3.08. The molecule has 0 aliphatic carbocycles. The number of hydrogen-bond donors (Lipinski definition) is 0. The van der Waals surface area contributed by atoms with Gasteiger partial charge in [-0.2, -0.15) is 0 Å². The first-order valence-corrected chi connectivity index (χ1v) is 4.78. The predicted molar refractivity (Wildman–Crippen MR) is 53.4 cm³/mol. The Morgan fingerprint density at radius 3 is 2.58 bits per heavy atom. The largest absolute Gasteiger partial charge is 0.487 e. The van der Waals surface area contributed by atoms with E-state index in [1.165, 1.54) is 0 Å². The molecule has 12 heavy (non-hydrogen) atoms. The lowest BCUT2D eigenvalue weighted by atomic mass is 10.1. The fourth-order valence-corrected chi connectivity index (χ4v) is 1.11. The zero-order chi connectivity index (χ0) is 9.40. The standard InChI is InChI=1S/C9H16O2S/c1-3-5-6-8(10)7-9(12)11-4-2/h3-7H2,1-2H3. The van der Waals surface area contributed by atoms with E-state index in [1.807, 2.05) is 6.92 Å². The van der Waals surface area contributed by atoms with E-state index < -0.39 is 0 Å². The van der Waals surface area contributed by atoms with Gasteiger partial charge in [0.25, 0.3) is 0 Å². The van der Waals surface area contributed by atoms with Crippen molar-refractivity contribution in [2.45, 2.75) is 39.5 Å². The van der Waals surface area contributed by atoms with E-state index in [-0.39, 0.29) is 5.78 Å². The Morgan fingerprint density at radius 1 is 1.42 bits per heavy atom. The molecule has 0 unspecified atom stereocenters. The number of hydrogen-bond acceptors (Lipinski definition) is 3. The van der Waals surface area contributed by atoms with Crippen molar-refractivity contribution in [3.05, 3.63) is 0 Å². The van der Waals surface area contributed by atoms with Gasteiger partial charge in [-0.1, -0.05) is 13.3 Å². The molecule has 0 fully saturated rings. The van der Waals surface area contributed by atoms with Gasteiger partial charge in [0.1, 0.15) is 5.78 Å². The highest BCUT2D eigenvalue weighted by Crippen LogP contribution is 2.00. The van der Waals surface area contributed by atoms with Crippen LogP contribution in [0, 0.1) is 0 Å². The average Bonchev–Trinajstić information content (AvgIpc) is 2.01. The van der Waals surface area contributed by atoms with Crippen molar-refractivity contribution in [3.63, 3.8) is 0 Å². The summed E-state index contributed by atoms with van der Waals surface area (Å²) in [6.45, 7) is 4.48. The van der Waals surface area contributed by atoms with E-state index in [1.54, 1.807) is 0 Å². The van der Waals surface area contributed by atoms with E-state index >= 15 is 0 Å². The van der Waals surface area contributed by atoms with E-state index in [4.69, 9.17) is 17.0 Å². The summed E-state index contributed by atoms with van der Waals surface area (Å²) >= 11 is 4.84. The molecule has 3 heteroatoms. The maximum Gasteiger partial charge on any atom is 0.167 e. The third kappa shape index (κ3) is 6.28. The van der Waals surface area contributed by atoms with Crippen LogP contribution in [0.5, 0.6) is 0 Å². The second-order valence-electron chi connectivity index (χ2n) is 2.62. The minimum Gasteiger partial charge on any atom is -0.487 e. The summed E-state index contributed by atoms with van der Waals surface area (Å²) in [4.78, 5) is 11.1. The minimum absolute atomic E-state index is 0.190. The van der Waals surface area contributed by atoms with Crippen molar-refractivity contribution in [2.75, 3.05) is 6.61 Å². The highest BCUT2D eigenvalue weighted by molar-refractivity contribution is 7.80. The summed E-state index contributed by atoms with van der Waals surface area (Å²) < 4.78 is 5.00. The first-order chi connectivity index (χ1) is 5.70. The van der Waals surface area contributed by atoms with Gasteiger partial charge in [0.05, 0.1) is 13.0 Å². The number of ether oxygens (including phenoxy) is 1. The molecule has 2 nitrogen and oxygen atoms in total. The highest BCUT2D eigenvalue weighted by atomic mass is 32.1. The van der Waals surface area contributed by atoms with Crippen LogP contribution in [0.3, 0.4) is 0 Å². The molecular weight excluding hydrogens is 172 g/mol. The van der Waals surface area contributed by atoms with Gasteiger partial charge in [0.15, 0.2) is 5.05 Å². The van der Waals surface area contributed by atoms with Gasteiger partial charge in [-0.05, 0) is 25.6 Å². The van der Waals surface area contributed by atoms with Crippen LogP contribution in [0.25, 0.3) is 0 Å². The van der Waals surface area contributed by atoms with Crippen molar-refractivity contribution in [1.82, 2.24) is 0 Å². The highest BCUT2D eigenvalue weighted by Gasteiger charge is 2.05. The van der Waals surface area contributed by atoms with Crippen LogP contribution < -0.4 is 0 Å². The number of carbonyl (C=O) groups is 1. The zero-order valence-corrected chi connectivity index (χ0v) is 8.58. The Bertz CT molecular complexity index is 155. The monoisotopic (exact) mass is 188 g/mol. The number of thiocarbonyl (C=S) groups is 1. The fourth-order valence-electron chi connectivity index (χ4n) is 0.835. The molecule has 70 valence electrons. The summed E-state index contributed by atoms with van der Waals surface area (Å²) in [5, 5.41) is 0.429. The molecule has 0 radical (unpaired) electrons. The lowest BCUT2D eigenvalue weighted by Crippen LogP contribution is -2.08. The zero-order valence-electron chi connectivity index (χ0n) is 7.76. The molecule has 0 aromatic heterocycles. The maximum atomic E-state index is 11.1. The Kier molecular flexibility index (Phi) is 6.96. The molecule has 0 bridgehead atoms. The Morgan fingerprint density at radius 2 is 2.08 bits per heavy atom. The van der Waals surface area contributed by atoms with Gasteiger partial charge >= 0.3 is 0 Å². The molecule has 0 saturated carbocycles. The van der Waals surface area contributed by atoms with Gasteiger partial charge in [0, 0.05) is 6.42 Å². The normalized spacial score (nSPS) is 9.50. The SMILES string of the molecule is CCCCC(=O)CC(=S)OCC. The molecule has 0 aliphatic rings. The van der Waals surface area contributed by atoms with Crippen LogP contribution in [-0.2, 0) is 9.53 Å². The Balaban J connectivity index is 3.47. The lowest BCUT2D eigenvalue weighted by molar-refractivity contribution is -0.118. The molecule has 0 aromatic carbocycles. The molecule has 0 aromatic rings. The van der Waals surface area contributed by atoms with E-state index in [9.17, 15) is 4.79 Å². The topological polar surface area (TPSA) is 26.3 Å². The number of rotatable bonds is 6. The van der Waals surface area contributed by atoms with Gasteiger partial charge in [-0.15, -0.1) is 0 Å². The number of carbonyl (C=O) groups excluding carboxylic acids is 1. The van der Waals surface area contributed by atoms with E-state index in [0.717, 1.165) is 12.8 Å². The second kappa shape index (κ2) is 7.22. The summed E-state index contributed by atoms with van der Waals surface area (Å²) in [5.41, 5.74) is 0. The van der Waals surface area contributed by atoms with Gasteiger partial charge < -0.3 is 4.74 Å². The van der Waals surface area contributed by atoms with Gasteiger partial charge in [-0.3, -0.25) is 4.79 Å². The van der Waals surface area contributed by atoms with E-state index in [0.29, 0.717) is 24.5 Å². The molecule has 0 saturated heterocycles. The summed E-state index contributed by atoms with van der Waals surface area (Å²) in [7, 11) is 0. The predicted octanol–water partition coefficient (Wildman–Crippen LogP) is 2.50. The van der Waals surface area contributed by atoms with Crippen LogP contribution in [0.4, 0.5) is 0 Å². The van der Waals surface area contributed by atoms with E-state index in [2.05, 4.69) is 6.92 Å². The molecule has 0 amide bonds. The van der Waals surface area contributed by atoms with Crippen molar-refractivity contribution in [1.29, 1.82) is 0 Å². The molecule has 0 rings (SSSR count). The fraction of sp³-hybridized carbons (Fsp3) is 0.778. The molecule has 0 spiro atoms. The van der Waals surface area contributed by atoms with Gasteiger partial charge in [-0.25, -0.2) is 0 Å². The van der Waals surface area contributed by atoms with Crippen molar-refractivity contribution in [2.24, 2.45) is 0 Å². The summed E-state index contributed by atoms with van der Waals surface area (Å²) in [6, 6.07) is 0. The van der Waals surface area contributed by atoms with Crippen LogP contribution in [0.1, 0.15) is 39.5 Å². The van der Waals surface area contributed by atoms with Crippen LogP contribution >= 0.6 is 12.2 Å². The van der Waals surface area contributed by atoms with Crippen LogP contribution in [-0.4, -0.2) is 17.4 Å². The third-order valence-corrected chi connectivity index (χ3v) is 1.72. The Hall–Kier alpha value is -0.440. The van der Waals surface area contributed by atoms with Crippen LogP contribution in [0.2, 0.25) is 0 Å². The number of ketones is 1. The maximum absolute atomic E-state index is 11.1. The number of Topliss-reactive ketones (excluding diaryl/α,β-unsaturated/α-hetero) is 1. The third-order valence-electron chi connectivity index (χ3n) is 1.46. The number of unbranched alkanes of at least 4 members (excludes halogenated alkanes) is 1.